The second-order valence-corrected chi connectivity index (χ2v) is 5.65. The van der Waals surface area contributed by atoms with Crippen molar-refractivity contribution in [2.75, 3.05) is 0 Å². The van der Waals surface area contributed by atoms with Crippen LogP contribution >= 0.6 is 0 Å². The first kappa shape index (κ1) is 22.4. The Morgan fingerprint density at radius 1 is 1.00 bits per heavy atom. The van der Waals surface area contributed by atoms with Crippen molar-refractivity contribution in [1.82, 2.24) is 0 Å². The van der Waals surface area contributed by atoms with Crippen LogP contribution in [0.25, 0.3) is 0 Å². The molecule has 0 saturated heterocycles. The third kappa shape index (κ3) is 16.7. The second kappa shape index (κ2) is 17.7. The maximum absolute atomic E-state index is 10.4. The van der Waals surface area contributed by atoms with E-state index < -0.39 is 12.1 Å². The van der Waals surface area contributed by atoms with Crippen LogP contribution in [0.15, 0.2) is 48.6 Å². The van der Waals surface area contributed by atoms with Crippen LogP contribution in [-0.4, -0.2) is 22.4 Å². The lowest BCUT2D eigenvalue weighted by Crippen LogP contribution is -2.08. The van der Waals surface area contributed by atoms with E-state index in [1.165, 1.54) is 25.7 Å². The summed E-state index contributed by atoms with van der Waals surface area (Å²) in [6, 6.07) is 0. The van der Waals surface area contributed by atoms with Crippen LogP contribution in [0.4, 0.5) is 0 Å². The number of unbranched alkanes of at least 4 members (excludes halogenated alkanes) is 3. The maximum atomic E-state index is 10.4. The highest BCUT2D eigenvalue weighted by molar-refractivity contribution is 5.66. The van der Waals surface area contributed by atoms with Crippen LogP contribution in [0.5, 0.6) is 0 Å². The van der Waals surface area contributed by atoms with Crippen LogP contribution in [0.2, 0.25) is 0 Å². The number of carbonyl (C=O) groups is 1. The Hall–Kier alpha value is -1.65. The normalized spacial score (nSPS) is 13.8. The van der Waals surface area contributed by atoms with Gasteiger partial charge in [0, 0.05) is 6.42 Å². The molecule has 0 rings (SSSR count). The molecule has 0 aliphatic heterocycles. The lowest BCUT2D eigenvalue weighted by atomic mass is 10.1. The molecule has 0 unspecified atom stereocenters. The lowest BCUT2D eigenvalue weighted by molar-refractivity contribution is -0.267. The minimum atomic E-state index is -0.835. The van der Waals surface area contributed by atoms with Gasteiger partial charge in [0.2, 0.25) is 0 Å². The zero-order valence-corrected chi connectivity index (χ0v) is 14.8. The van der Waals surface area contributed by atoms with Crippen LogP contribution in [0.1, 0.15) is 64.7 Å². The Balaban J connectivity index is 3.74. The minimum Gasteiger partial charge on any atom is -0.481 e. The van der Waals surface area contributed by atoms with E-state index in [4.69, 9.17) is 10.4 Å². The van der Waals surface area contributed by atoms with Crippen LogP contribution in [0.3, 0.4) is 0 Å². The Morgan fingerprint density at radius 2 is 1.71 bits per heavy atom. The van der Waals surface area contributed by atoms with E-state index in [-0.39, 0.29) is 6.42 Å². The fourth-order valence-corrected chi connectivity index (χ4v) is 2.06. The molecule has 0 saturated carbocycles. The fraction of sp³-hybridized carbons (Fsp3) is 0.550. The van der Waals surface area contributed by atoms with Gasteiger partial charge in [-0.3, -0.25) is 10.1 Å². The van der Waals surface area contributed by atoms with Gasteiger partial charge in [0.25, 0.3) is 0 Å². The summed E-state index contributed by atoms with van der Waals surface area (Å²) in [4.78, 5) is 14.7. The largest absolute Gasteiger partial charge is 0.481 e. The number of allylic oxidation sites excluding steroid dienone is 7. The summed E-state index contributed by atoms with van der Waals surface area (Å²) >= 11 is 0. The van der Waals surface area contributed by atoms with Crippen molar-refractivity contribution in [1.29, 1.82) is 0 Å². The van der Waals surface area contributed by atoms with Gasteiger partial charge in [-0.05, 0) is 38.5 Å². The molecule has 24 heavy (non-hydrogen) atoms. The topological polar surface area (TPSA) is 66.8 Å². The first-order valence-corrected chi connectivity index (χ1v) is 8.86. The van der Waals surface area contributed by atoms with Crippen molar-refractivity contribution in [3.05, 3.63) is 48.6 Å². The molecule has 0 aliphatic rings. The summed E-state index contributed by atoms with van der Waals surface area (Å²) in [5.74, 6) is -0.835. The average Bonchev–Trinajstić information content (AvgIpc) is 2.57. The molecule has 0 bridgehead atoms. The molecule has 0 aliphatic carbocycles. The van der Waals surface area contributed by atoms with Crippen LogP contribution in [-0.2, 0) is 9.68 Å². The molecule has 0 amide bonds. The number of hydrogen-bond donors (Lipinski definition) is 2. The molecule has 4 heteroatoms. The summed E-state index contributed by atoms with van der Waals surface area (Å²) in [6.45, 7) is 2.21. The number of carboxylic acid groups (broad SMARTS) is 1. The Labute approximate surface area is 146 Å². The second-order valence-electron chi connectivity index (χ2n) is 5.65. The molecule has 0 aromatic carbocycles. The van der Waals surface area contributed by atoms with Crippen molar-refractivity contribution >= 4 is 5.97 Å². The van der Waals surface area contributed by atoms with E-state index >= 15 is 0 Å². The van der Waals surface area contributed by atoms with Gasteiger partial charge >= 0.3 is 5.97 Å². The van der Waals surface area contributed by atoms with E-state index in [2.05, 4.69) is 36.1 Å². The van der Waals surface area contributed by atoms with Crippen molar-refractivity contribution < 1.29 is 20.0 Å². The van der Waals surface area contributed by atoms with Crippen molar-refractivity contribution in [3.8, 4) is 0 Å². The van der Waals surface area contributed by atoms with Crippen LogP contribution < -0.4 is 0 Å². The third-order valence-corrected chi connectivity index (χ3v) is 3.44. The lowest BCUT2D eigenvalue weighted by Gasteiger charge is -2.06. The van der Waals surface area contributed by atoms with Gasteiger partial charge in [-0.2, -0.15) is 0 Å². The summed E-state index contributed by atoms with van der Waals surface area (Å²) in [6.07, 6.45) is 23.6. The van der Waals surface area contributed by atoms with Gasteiger partial charge in [-0.25, -0.2) is 4.89 Å². The predicted octanol–water partition coefficient (Wildman–Crippen LogP) is 5.68. The molecule has 1 atom stereocenters. The SMILES string of the molecule is CCCCC/C=C\C/C=C\C/C=C\C=C\[C@H](CCCC(=O)O)OO. The highest BCUT2D eigenvalue weighted by Gasteiger charge is 2.05. The molecule has 0 radical (unpaired) electrons. The van der Waals surface area contributed by atoms with E-state index in [0.29, 0.717) is 12.8 Å². The Bertz CT molecular complexity index is 408. The minimum absolute atomic E-state index is 0.0847. The summed E-state index contributed by atoms with van der Waals surface area (Å²) in [5.41, 5.74) is 0. The smallest absolute Gasteiger partial charge is 0.303 e. The monoisotopic (exact) mass is 336 g/mol. The molecule has 0 aromatic rings. The third-order valence-electron chi connectivity index (χ3n) is 3.44. The number of rotatable bonds is 15. The number of carboxylic acids is 1. The standard InChI is InChI=1S/C20H32O4/c1-2-3-4-5-6-7-8-9-10-11-12-13-14-16-19(24-23)17-15-18-20(21)22/h6-7,9-10,12-14,16,19,23H,2-5,8,11,15,17-18H2,1H3,(H,21,22)/b7-6-,10-9-,13-12-,16-14+/t19-/m1/s1. The van der Waals surface area contributed by atoms with Crippen molar-refractivity contribution in [3.63, 3.8) is 0 Å². The van der Waals surface area contributed by atoms with E-state index in [1.807, 2.05) is 18.2 Å². The first-order valence-electron chi connectivity index (χ1n) is 8.86. The molecule has 4 nitrogen and oxygen atoms in total. The van der Waals surface area contributed by atoms with E-state index in [1.54, 1.807) is 6.08 Å². The predicted molar refractivity (Wildman–Crippen MR) is 98.9 cm³/mol. The maximum Gasteiger partial charge on any atom is 0.303 e. The van der Waals surface area contributed by atoms with Gasteiger partial charge in [0.1, 0.15) is 6.10 Å². The van der Waals surface area contributed by atoms with Crippen molar-refractivity contribution in [2.45, 2.75) is 70.8 Å². The molecule has 0 fully saturated rings. The summed E-state index contributed by atoms with van der Waals surface area (Å²) in [5, 5.41) is 17.3. The summed E-state index contributed by atoms with van der Waals surface area (Å²) in [7, 11) is 0. The highest BCUT2D eigenvalue weighted by Crippen LogP contribution is 2.06. The molecular formula is C20H32O4. The fourth-order valence-electron chi connectivity index (χ4n) is 2.06. The quantitative estimate of drug-likeness (QED) is 0.133. The van der Waals surface area contributed by atoms with Gasteiger partial charge in [-0.15, -0.1) is 0 Å². The van der Waals surface area contributed by atoms with Gasteiger partial charge in [0.05, 0.1) is 0 Å². The first-order chi connectivity index (χ1) is 11.7. The Kier molecular flexibility index (Phi) is 16.5. The summed E-state index contributed by atoms with van der Waals surface area (Å²) < 4.78 is 0. The highest BCUT2D eigenvalue weighted by atomic mass is 17.1. The van der Waals surface area contributed by atoms with E-state index in [9.17, 15) is 4.79 Å². The molecule has 0 spiro atoms. The number of hydrogen-bond acceptors (Lipinski definition) is 3. The van der Waals surface area contributed by atoms with Gasteiger partial charge in [-0.1, -0.05) is 68.4 Å². The zero-order chi connectivity index (χ0) is 17.9. The number of aliphatic carboxylic acids is 1. The van der Waals surface area contributed by atoms with E-state index in [0.717, 1.165) is 12.8 Å². The molecule has 0 heterocycles. The zero-order valence-electron chi connectivity index (χ0n) is 14.8. The van der Waals surface area contributed by atoms with Gasteiger partial charge < -0.3 is 5.11 Å². The molecular weight excluding hydrogens is 304 g/mol. The Morgan fingerprint density at radius 3 is 2.38 bits per heavy atom. The average molecular weight is 336 g/mol. The van der Waals surface area contributed by atoms with Crippen molar-refractivity contribution in [2.24, 2.45) is 0 Å². The van der Waals surface area contributed by atoms with Gasteiger partial charge in [0.15, 0.2) is 0 Å². The molecule has 136 valence electrons. The molecule has 2 N–H and O–H groups in total. The molecule has 0 aromatic heterocycles. The van der Waals surface area contributed by atoms with Crippen LogP contribution in [0, 0.1) is 0 Å².